The number of para-hydroxylation sites is 1. The van der Waals surface area contributed by atoms with Crippen LogP contribution in [-0.4, -0.2) is 50.9 Å². The van der Waals surface area contributed by atoms with Gasteiger partial charge in [-0.2, -0.15) is 0 Å². The average molecular weight is 472 g/mol. The summed E-state index contributed by atoms with van der Waals surface area (Å²) >= 11 is 0. The summed E-state index contributed by atoms with van der Waals surface area (Å²) in [7, 11) is 2.15. The lowest BCUT2D eigenvalue weighted by Crippen LogP contribution is -2.47. The van der Waals surface area contributed by atoms with Crippen LogP contribution in [0.25, 0.3) is 0 Å². The fourth-order valence-electron chi connectivity index (χ4n) is 3.75. The summed E-state index contributed by atoms with van der Waals surface area (Å²) in [4.78, 5) is 7.06. The highest BCUT2D eigenvalue weighted by atomic mass is 127. The molecule has 2 fully saturated rings. The number of unbranched alkanes of at least 4 members (excludes halogenated alkanes) is 1. The fourth-order valence-corrected chi connectivity index (χ4v) is 3.75. The maximum Gasteiger partial charge on any atom is 0.191 e. The van der Waals surface area contributed by atoms with Crippen LogP contribution in [0.15, 0.2) is 35.3 Å². The molecule has 0 amide bonds. The molecule has 0 radical (unpaired) electrons. The lowest BCUT2D eigenvalue weighted by Gasteiger charge is -2.22. The van der Waals surface area contributed by atoms with E-state index in [0.717, 1.165) is 44.9 Å². The number of halogens is 1. The molecular formula is C20H33IN4O. The van der Waals surface area contributed by atoms with Gasteiger partial charge in [-0.3, -0.25) is 4.99 Å². The molecule has 1 aromatic carbocycles. The van der Waals surface area contributed by atoms with Gasteiger partial charge in [-0.25, -0.2) is 0 Å². The number of rotatable bonds is 8. The van der Waals surface area contributed by atoms with Gasteiger partial charge < -0.3 is 20.3 Å². The Bertz CT molecular complexity index is 554. The molecule has 0 aromatic heterocycles. The van der Waals surface area contributed by atoms with Gasteiger partial charge in [0.05, 0.1) is 18.2 Å². The molecule has 3 unspecified atom stereocenters. The molecule has 1 aromatic rings. The van der Waals surface area contributed by atoms with E-state index in [1.54, 1.807) is 0 Å². The van der Waals surface area contributed by atoms with Crippen molar-refractivity contribution >= 4 is 35.6 Å². The Morgan fingerprint density at radius 3 is 2.69 bits per heavy atom. The molecule has 2 heterocycles. The molecule has 26 heavy (non-hydrogen) atoms. The monoisotopic (exact) mass is 472 g/mol. The molecule has 2 aliphatic rings. The molecule has 6 heteroatoms. The average Bonchev–Trinajstić information content (AvgIpc) is 3.25. The number of benzene rings is 1. The highest BCUT2D eigenvalue weighted by molar-refractivity contribution is 14.0. The van der Waals surface area contributed by atoms with Gasteiger partial charge in [0.2, 0.25) is 0 Å². The lowest BCUT2D eigenvalue weighted by molar-refractivity contribution is 0.0992. The van der Waals surface area contributed by atoms with Crippen LogP contribution < -0.4 is 15.5 Å². The van der Waals surface area contributed by atoms with Crippen molar-refractivity contribution in [2.75, 3.05) is 31.6 Å². The van der Waals surface area contributed by atoms with Gasteiger partial charge in [0.25, 0.3) is 0 Å². The molecule has 5 nitrogen and oxygen atoms in total. The van der Waals surface area contributed by atoms with Crippen LogP contribution in [0.4, 0.5) is 5.69 Å². The van der Waals surface area contributed by atoms with Crippen molar-refractivity contribution in [3.05, 3.63) is 30.3 Å². The first-order valence-corrected chi connectivity index (χ1v) is 9.72. The van der Waals surface area contributed by atoms with E-state index in [1.807, 2.05) is 0 Å². The largest absolute Gasteiger partial charge is 0.375 e. The van der Waals surface area contributed by atoms with E-state index in [9.17, 15) is 0 Å². The number of hydrogen-bond acceptors (Lipinski definition) is 3. The van der Waals surface area contributed by atoms with Crippen molar-refractivity contribution in [1.82, 2.24) is 10.6 Å². The predicted octanol–water partition coefficient (Wildman–Crippen LogP) is 3.40. The maximum absolute atomic E-state index is 5.92. The van der Waals surface area contributed by atoms with Crippen LogP contribution in [-0.2, 0) is 4.74 Å². The zero-order valence-electron chi connectivity index (χ0n) is 16.0. The standard InChI is InChI=1S/C20H32N4O.HI/c1-3-21-20(23-18-15-17-11-12-19(18)25-17)22-13-7-8-14-24(2)16-9-5-4-6-10-16;/h4-6,9-10,17-19H,3,7-8,11-15H2,1-2H3,(H2,21,22,23);1H. The molecule has 0 spiro atoms. The van der Waals surface area contributed by atoms with Crippen LogP contribution in [0.2, 0.25) is 0 Å². The zero-order valence-corrected chi connectivity index (χ0v) is 18.3. The van der Waals surface area contributed by atoms with Crippen LogP contribution in [0, 0.1) is 0 Å². The summed E-state index contributed by atoms with van der Waals surface area (Å²) in [6.07, 6.45) is 6.63. The topological polar surface area (TPSA) is 48.9 Å². The van der Waals surface area contributed by atoms with Gasteiger partial charge in [-0.05, 0) is 51.2 Å². The molecule has 3 atom stereocenters. The van der Waals surface area contributed by atoms with Crippen molar-refractivity contribution < 1.29 is 4.74 Å². The van der Waals surface area contributed by atoms with E-state index in [4.69, 9.17) is 9.73 Å². The second-order valence-electron chi connectivity index (χ2n) is 7.09. The van der Waals surface area contributed by atoms with E-state index in [-0.39, 0.29) is 24.0 Å². The minimum absolute atomic E-state index is 0. The Morgan fingerprint density at radius 2 is 2.04 bits per heavy atom. The number of nitrogens with zero attached hydrogens (tertiary/aromatic N) is 2. The number of nitrogens with one attached hydrogen (secondary N) is 2. The first-order valence-electron chi connectivity index (χ1n) is 9.72. The number of anilines is 1. The van der Waals surface area contributed by atoms with Crippen LogP contribution in [0.3, 0.4) is 0 Å². The van der Waals surface area contributed by atoms with Crippen molar-refractivity contribution in [2.45, 2.75) is 57.3 Å². The normalized spacial score (nSPS) is 24.2. The Hall–Kier alpha value is -1.02. The first kappa shape index (κ1) is 21.3. The molecule has 0 aliphatic carbocycles. The zero-order chi connectivity index (χ0) is 17.5. The van der Waals surface area contributed by atoms with E-state index in [1.165, 1.54) is 18.5 Å². The lowest BCUT2D eigenvalue weighted by atomic mass is 9.96. The van der Waals surface area contributed by atoms with Gasteiger partial charge >= 0.3 is 0 Å². The van der Waals surface area contributed by atoms with Gasteiger partial charge in [-0.1, -0.05) is 18.2 Å². The Morgan fingerprint density at radius 1 is 1.23 bits per heavy atom. The third-order valence-electron chi connectivity index (χ3n) is 5.14. The number of hydrogen-bond donors (Lipinski definition) is 2. The Kier molecular flexibility index (Phi) is 8.98. The third-order valence-corrected chi connectivity index (χ3v) is 5.14. The number of guanidine groups is 1. The van der Waals surface area contributed by atoms with E-state index in [0.29, 0.717) is 18.2 Å². The van der Waals surface area contributed by atoms with E-state index in [2.05, 4.69) is 59.8 Å². The summed E-state index contributed by atoms with van der Waals surface area (Å²) < 4.78 is 5.92. The Balaban J connectivity index is 0.00000243. The quantitative estimate of drug-likeness (QED) is 0.264. The van der Waals surface area contributed by atoms with Crippen LogP contribution in [0.1, 0.15) is 39.0 Å². The maximum atomic E-state index is 5.92. The number of fused-ring (bicyclic) bond motifs is 2. The van der Waals surface area contributed by atoms with Crippen molar-refractivity contribution in [1.29, 1.82) is 0 Å². The van der Waals surface area contributed by atoms with Crippen LogP contribution >= 0.6 is 24.0 Å². The molecule has 2 bridgehead atoms. The summed E-state index contributed by atoms with van der Waals surface area (Å²) in [5, 5.41) is 6.94. The fraction of sp³-hybridized carbons (Fsp3) is 0.650. The van der Waals surface area contributed by atoms with Crippen molar-refractivity contribution in [2.24, 2.45) is 4.99 Å². The van der Waals surface area contributed by atoms with E-state index >= 15 is 0 Å². The van der Waals surface area contributed by atoms with Gasteiger partial charge in [0.15, 0.2) is 5.96 Å². The second-order valence-corrected chi connectivity index (χ2v) is 7.09. The second kappa shape index (κ2) is 11.0. The summed E-state index contributed by atoms with van der Waals surface area (Å²) in [6.45, 7) is 4.93. The number of aliphatic imine (C=N–C) groups is 1. The van der Waals surface area contributed by atoms with Crippen molar-refractivity contribution in [3.8, 4) is 0 Å². The summed E-state index contributed by atoms with van der Waals surface area (Å²) in [6, 6.07) is 11.0. The summed E-state index contributed by atoms with van der Waals surface area (Å²) in [5.74, 6) is 0.945. The predicted molar refractivity (Wildman–Crippen MR) is 120 cm³/mol. The number of ether oxygens (including phenoxy) is 1. The SMILES string of the molecule is CCNC(=NCCCCN(C)c1ccccc1)NC1CC2CCC1O2.I. The molecular weight excluding hydrogens is 439 g/mol. The van der Waals surface area contributed by atoms with Crippen LogP contribution in [0.5, 0.6) is 0 Å². The highest BCUT2D eigenvalue weighted by Crippen LogP contribution is 2.34. The van der Waals surface area contributed by atoms with Gasteiger partial charge in [0.1, 0.15) is 0 Å². The Labute approximate surface area is 175 Å². The van der Waals surface area contributed by atoms with Gasteiger partial charge in [-0.15, -0.1) is 24.0 Å². The highest BCUT2D eigenvalue weighted by Gasteiger charge is 2.41. The molecule has 2 saturated heterocycles. The van der Waals surface area contributed by atoms with Crippen molar-refractivity contribution in [3.63, 3.8) is 0 Å². The minimum atomic E-state index is 0. The van der Waals surface area contributed by atoms with Gasteiger partial charge in [0, 0.05) is 32.4 Å². The summed E-state index contributed by atoms with van der Waals surface area (Å²) in [5.41, 5.74) is 1.28. The smallest absolute Gasteiger partial charge is 0.191 e. The molecule has 0 saturated carbocycles. The molecule has 146 valence electrons. The minimum Gasteiger partial charge on any atom is -0.375 e. The molecule has 2 aliphatic heterocycles. The molecule has 3 rings (SSSR count). The molecule has 2 N–H and O–H groups in total. The first-order chi connectivity index (χ1) is 12.3. The third kappa shape index (κ3) is 6.01. The van der Waals surface area contributed by atoms with E-state index < -0.39 is 0 Å².